The van der Waals surface area contributed by atoms with Gasteiger partial charge in [0.1, 0.15) is 11.9 Å². The molecule has 0 bridgehead atoms. The molecular weight excluding hydrogens is 401 g/mol. The molecule has 0 radical (unpaired) electrons. The molecule has 150 valence electrons. The quantitative estimate of drug-likeness (QED) is 0.600. The van der Waals surface area contributed by atoms with Gasteiger partial charge in [0.15, 0.2) is 0 Å². The summed E-state index contributed by atoms with van der Waals surface area (Å²) in [5.74, 6) is 0.748. The molecule has 3 rings (SSSR count). The minimum atomic E-state index is -1.24. The van der Waals surface area contributed by atoms with Crippen molar-refractivity contribution < 1.29 is 14.6 Å². The van der Waals surface area contributed by atoms with E-state index in [4.69, 9.17) is 33.0 Å². The largest absolute Gasteiger partial charge is 0.506 e. The monoisotopic (exact) mass is 423 g/mol. The van der Waals surface area contributed by atoms with Crippen molar-refractivity contribution in [3.05, 3.63) is 57.2 Å². The number of aromatic nitrogens is 1. The van der Waals surface area contributed by atoms with Gasteiger partial charge in [-0.05, 0) is 42.2 Å². The number of rotatable bonds is 7. The number of pyridine rings is 1. The van der Waals surface area contributed by atoms with Gasteiger partial charge in [0.05, 0.1) is 11.1 Å². The summed E-state index contributed by atoms with van der Waals surface area (Å²) in [6.45, 7) is 5.85. The summed E-state index contributed by atoms with van der Waals surface area (Å²) < 4.78 is 4.75. The van der Waals surface area contributed by atoms with Crippen LogP contribution in [0.3, 0.4) is 0 Å². The predicted octanol–water partition coefficient (Wildman–Crippen LogP) is 5.14. The molecule has 0 unspecified atom stereocenters. The third kappa shape index (κ3) is 5.07. The fourth-order valence-corrected chi connectivity index (χ4v) is 3.55. The summed E-state index contributed by atoms with van der Waals surface area (Å²) in [6.07, 6.45) is 1.03. The van der Waals surface area contributed by atoms with Crippen LogP contribution in [0, 0.1) is 6.92 Å². The average Bonchev–Trinajstić information content (AvgIpc) is 2.62. The molecule has 8 heteroatoms. The van der Waals surface area contributed by atoms with Crippen molar-refractivity contribution >= 4 is 35.2 Å². The standard InChI is InChI=1S/C20H23Cl2N3O3/c1-3-18(13-4-5-16(21)12(2)6-13)24-19-7-14(17(22)8-23-19)9-25-10-15(11-25)28-20(26)27/h4-8,15,18H,3,9-11H2,1-2H3,(H,23,24)(H,26,27)/t18-/m1/s1. The van der Waals surface area contributed by atoms with Crippen molar-refractivity contribution in [3.8, 4) is 0 Å². The van der Waals surface area contributed by atoms with Crippen LogP contribution in [-0.4, -0.2) is 40.3 Å². The highest BCUT2D eigenvalue weighted by Crippen LogP contribution is 2.28. The van der Waals surface area contributed by atoms with Crippen molar-refractivity contribution in [2.75, 3.05) is 18.4 Å². The smallest absolute Gasteiger partial charge is 0.450 e. The van der Waals surface area contributed by atoms with E-state index in [9.17, 15) is 4.79 Å². The molecule has 1 fully saturated rings. The van der Waals surface area contributed by atoms with Gasteiger partial charge < -0.3 is 15.2 Å². The summed E-state index contributed by atoms with van der Waals surface area (Å²) in [7, 11) is 0. The Morgan fingerprint density at radius 1 is 1.36 bits per heavy atom. The first kappa shape index (κ1) is 20.7. The molecule has 1 aliphatic heterocycles. The maximum atomic E-state index is 10.6. The fraction of sp³-hybridized carbons (Fsp3) is 0.400. The van der Waals surface area contributed by atoms with Crippen molar-refractivity contribution in [3.63, 3.8) is 0 Å². The zero-order valence-corrected chi connectivity index (χ0v) is 17.3. The Morgan fingerprint density at radius 2 is 2.11 bits per heavy atom. The number of anilines is 1. The molecule has 0 saturated carbocycles. The summed E-state index contributed by atoms with van der Waals surface area (Å²) in [6, 6.07) is 8.07. The van der Waals surface area contributed by atoms with Gasteiger partial charge in [-0.2, -0.15) is 0 Å². The van der Waals surface area contributed by atoms with E-state index < -0.39 is 6.16 Å². The SMILES string of the molecule is CC[C@@H](Nc1cc(CN2CC(OC(=O)O)C2)c(Cl)cn1)c1ccc(Cl)c(C)c1. The van der Waals surface area contributed by atoms with Gasteiger partial charge in [-0.25, -0.2) is 9.78 Å². The second-order valence-corrected chi connectivity index (χ2v) is 7.79. The van der Waals surface area contributed by atoms with Crippen LogP contribution in [0.1, 0.15) is 36.1 Å². The van der Waals surface area contributed by atoms with Gasteiger partial charge in [-0.15, -0.1) is 0 Å². The molecule has 2 aromatic rings. The van der Waals surface area contributed by atoms with Crippen molar-refractivity contribution in [2.45, 2.75) is 39.0 Å². The maximum Gasteiger partial charge on any atom is 0.506 e. The molecule has 1 saturated heterocycles. The van der Waals surface area contributed by atoms with E-state index in [-0.39, 0.29) is 12.1 Å². The van der Waals surface area contributed by atoms with Crippen molar-refractivity contribution in [1.82, 2.24) is 9.88 Å². The number of halogens is 2. The minimum Gasteiger partial charge on any atom is -0.450 e. The number of likely N-dealkylation sites (tertiary alicyclic amines) is 1. The highest BCUT2D eigenvalue weighted by Gasteiger charge is 2.30. The van der Waals surface area contributed by atoms with Crippen LogP contribution in [-0.2, 0) is 11.3 Å². The summed E-state index contributed by atoms with van der Waals surface area (Å²) in [5, 5.41) is 13.5. The number of ether oxygens (including phenoxy) is 1. The Hall–Kier alpha value is -2.02. The van der Waals surface area contributed by atoms with Gasteiger partial charge in [0.2, 0.25) is 0 Å². The van der Waals surface area contributed by atoms with E-state index in [0.717, 1.165) is 34.0 Å². The molecule has 0 spiro atoms. The molecular formula is C20H23Cl2N3O3. The molecule has 2 heterocycles. The molecule has 1 aromatic carbocycles. The number of benzene rings is 1. The van der Waals surface area contributed by atoms with Gasteiger partial charge in [-0.1, -0.05) is 42.3 Å². The Kier molecular flexibility index (Phi) is 6.65. The topological polar surface area (TPSA) is 74.7 Å². The predicted molar refractivity (Wildman–Crippen MR) is 110 cm³/mol. The Bertz CT molecular complexity index is 857. The van der Waals surface area contributed by atoms with Crippen LogP contribution >= 0.6 is 23.2 Å². The molecule has 0 amide bonds. The van der Waals surface area contributed by atoms with E-state index in [1.165, 1.54) is 0 Å². The molecule has 1 aliphatic rings. The first-order valence-corrected chi connectivity index (χ1v) is 9.90. The van der Waals surface area contributed by atoms with Crippen molar-refractivity contribution in [2.24, 2.45) is 0 Å². The number of nitrogens with one attached hydrogen (secondary N) is 1. The molecule has 1 atom stereocenters. The van der Waals surface area contributed by atoms with E-state index in [1.807, 2.05) is 25.1 Å². The van der Waals surface area contributed by atoms with Crippen LogP contribution in [0.25, 0.3) is 0 Å². The minimum absolute atomic E-state index is 0.106. The van der Waals surface area contributed by atoms with Gasteiger partial charge in [0.25, 0.3) is 0 Å². The van der Waals surface area contributed by atoms with Crippen LogP contribution in [0.2, 0.25) is 10.0 Å². The maximum absolute atomic E-state index is 10.6. The highest BCUT2D eigenvalue weighted by atomic mass is 35.5. The van der Waals surface area contributed by atoms with E-state index >= 15 is 0 Å². The lowest BCUT2D eigenvalue weighted by Gasteiger charge is -2.37. The number of nitrogens with zero attached hydrogens (tertiary/aromatic N) is 2. The zero-order chi connectivity index (χ0) is 20.3. The number of carbonyl (C=O) groups is 1. The second kappa shape index (κ2) is 8.99. The average molecular weight is 424 g/mol. The number of aryl methyl sites for hydroxylation is 1. The number of hydrogen-bond acceptors (Lipinski definition) is 5. The first-order chi connectivity index (χ1) is 13.4. The first-order valence-electron chi connectivity index (χ1n) is 9.14. The van der Waals surface area contributed by atoms with Gasteiger partial charge >= 0.3 is 6.16 Å². The highest BCUT2D eigenvalue weighted by molar-refractivity contribution is 6.31. The normalized spacial score (nSPS) is 15.7. The molecule has 2 N–H and O–H groups in total. The third-order valence-corrected chi connectivity index (χ3v) is 5.60. The van der Waals surface area contributed by atoms with Gasteiger partial charge in [0, 0.05) is 30.9 Å². The van der Waals surface area contributed by atoms with Gasteiger partial charge in [-0.3, -0.25) is 4.90 Å². The summed E-state index contributed by atoms with van der Waals surface area (Å²) in [5.41, 5.74) is 3.13. The molecule has 28 heavy (non-hydrogen) atoms. The molecule has 1 aromatic heterocycles. The van der Waals surface area contributed by atoms with Crippen LogP contribution in [0.5, 0.6) is 0 Å². The van der Waals surface area contributed by atoms with E-state index in [0.29, 0.717) is 24.7 Å². The molecule has 6 nitrogen and oxygen atoms in total. The van der Waals surface area contributed by atoms with Crippen LogP contribution in [0.4, 0.5) is 10.6 Å². The number of hydrogen-bond donors (Lipinski definition) is 2. The second-order valence-electron chi connectivity index (χ2n) is 6.97. The fourth-order valence-electron chi connectivity index (χ4n) is 3.27. The van der Waals surface area contributed by atoms with E-state index in [1.54, 1.807) is 6.20 Å². The lowest BCUT2D eigenvalue weighted by Crippen LogP contribution is -2.52. The Morgan fingerprint density at radius 3 is 2.75 bits per heavy atom. The summed E-state index contributed by atoms with van der Waals surface area (Å²) in [4.78, 5) is 17.1. The van der Waals surface area contributed by atoms with Crippen LogP contribution in [0.15, 0.2) is 30.5 Å². The number of carboxylic acid groups (broad SMARTS) is 1. The summed E-state index contributed by atoms with van der Waals surface area (Å²) >= 11 is 12.4. The molecule has 0 aliphatic carbocycles. The van der Waals surface area contributed by atoms with Crippen molar-refractivity contribution in [1.29, 1.82) is 0 Å². The lowest BCUT2D eigenvalue weighted by atomic mass is 10.0. The van der Waals surface area contributed by atoms with Crippen LogP contribution < -0.4 is 5.32 Å². The van der Waals surface area contributed by atoms with E-state index in [2.05, 4.69) is 28.2 Å². The Labute approximate surface area is 174 Å². The Balaban J connectivity index is 1.66. The lowest BCUT2D eigenvalue weighted by molar-refractivity contribution is -0.0363. The zero-order valence-electron chi connectivity index (χ0n) is 15.8. The third-order valence-electron chi connectivity index (χ3n) is 4.83.